The number of fused-ring (bicyclic) bond motifs is 1. The number of halogens is 1. The van der Waals surface area contributed by atoms with Gasteiger partial charge in [0.1, 0.15) is 11.6 Å². The van der Waals surface area contributed by atoms with Crippen molar-refractivity contribution >= 4 is 11.4 Å². The minimum absolute atomic E-state index is 0.126. The van der Waals surface area contributed by atoms with E-state index >= 15 is 0 Å². The molecule has 0 bridgehead atoms. The molecule has 6 nitrogen and oxygen atoms in total. The van der Waals surface area contributed by atoms with Crippen molar-refractivity contribution in [1.29, 1.82) is 0 Å². The van der Waals surface area contributed by atoms with E-state index in [-0.39, 0.29) is 30.6 Å². The third kappa shape index (κ3) is 3.32. The van der Waals surface area contributed by atoms with Crippen LogP contribution in [0.25, 0.3) is 22.5 Å². The first kappa shape index (κ1) is 17.0. The molecule has 7 heteroatoms. The van der Waals surface area contributed by atoms with Gasteiger partial charge in [-0.05, 0) is 47.5 Å². The highest BCUT2D eigenvalue weighted by molar-refractivity contribution is 5.92. The van der Waals surface area contributed by atoms with E-state index in [2.05, 4.69) is 10.4 Å². The second kappa shape index (κ2) is 7.05. The Morgan fingerprint density at radius 2 is 1.96 bits per heavy atom. The molecule has 27 heavy (non-hydrogen) atoms. The molecular formula is C20H17FN4O2. The van der Waals surface area contributed by atoms with Crippen molar-refractivity contribution in [2.45, 2.75) is 0 Å². The monoisotopic (exact) mass is 364 g/mol. The van der Waals surface area contributed by atoms with Crippen molar-refractivity contribution in [1.82, 2.24) is 19.5 Å². The van der Waals surface area contributed by atoms with Crippen LogP contribution < -0.4 is 5.32 Å². The third-order valence-electron chi connectivity index (χ3n) is 4.24. The normalized spacial score (nSPS) is 11.0. The zero-order chi connectivity index (χ0) is 18.8. The maximum absolute atomic E-state index is 13.5. The Labute approximate surface area is 154 Å². The maximum Gasteiger partial charge on any atom is 0.271 e. The number of amides is 1. The summed E-state index contributed by atoms with van der Waals surface area (Å²) in [5.74, 6) is 0.125. The fourth-order valence-corrected chi connectivity index (χ4v) is 2.94. The van der Waals surface area contributed by atoms with E-state index in [1.807, 2.05) is 40.9 Å². The molecule has 136 valence electrons. The average molecular weight is 364 g/mol. The zero-order valence-electron chi connectivity index (χ0n) is 14.3. The third-order valence-corrected chi connectivity index (χ3v) is 4.24. The van der Waals surface area contributed by atoms with Gasteiger partial charge in [0.2, 0.25) is 0 Å². The van der Waals surface area contributed by atoms with Gasteiger partial charge in [0.15, 0.2) is 5.69 Å². The van der Waals surface area contributed by atoms with Crippen LogP contribution in [0.1, 0.15) is 10.5 Å². The van der Waals surface area contributed by atoms with Gasteiger partial charge in [0, 0.05) is 24.5 Å². The number of hydrogen-bond donors (Lipinski definition) is 2. The summed E-state index contributed by atoms with van der Waals surface area (Å²) in [5.41, 5.74) is 2.86. The fraction of sp³-hybridized carbons (Fsp3) is 0.100. The molecule has 0 spiro atoms. The lowest BCUT2D eigenvalue weighted by Crippen LogP contribution is -2.26. The lowest BCUT2D eigenvalue weighted by Gasteiger charge is -2.07. The number of carbonyl (C=O) groups excluding carboxylic acids is 1. The van der Waals surface area contributed by atoms with Crippen LogP contribution >= 0.6 is 0 Å². The van der Waals surface area contributed by atoms with E-state index in [4.69, 9.17) is 5.11 Å². The number of carbonyl (C=O) groups is 1. The van der Waals surface area contributed by atoms with Gasteiger partial charge in [-0.3, -0.25) is 4.79 Å². The lowest BCUT2D eigenvalue weighted by molar-refractivity contribution is 0.0939. The molecule has 1 amide bonds. The molecular weight excluding hydrogens is 347 g/mol. The Bertz CT molecular complexity index is 1120. The van der Waals surface area contributed by atoms with Crippen molar-refractivity contribution in [3.05, 3.63) is 78.5 Å². The number of aliphatic hydroxyl groups excluding tert-OH is 1. The number of rotatable bonds is 5. The summed E-state index contributed by atoms with van der Waals surface area (Å²) in [5, 5.41) is 15.7. The predicted octanol–water partition coefficient (Wildman–Crippen LogP) is 2.65. The first-order valence-corrected chi connectivity index (χ1v) is 8.48. The van der Waals surface area contributed by atoms with E-state index in [1.165, 1.54) is 12.1 Å². The Balaban J connectivity index is 1.72. The van der Waals surface area contributed by atoms with E-state index < -0.39 is 0 Å². The largest absolute Gasteiger partial charge is 0.395 e. The molecule has 0 saturated carbocycles. The van der Waals surface area contributed by atoms with Crippen molar-refractivity contribution in [3.8, 4) is 16.9 Å². The zero-order valence-corrected chi connectivity index (χ0v) is 14.3. The molecule has 0 saturated heterocycles. The van der Waals surface area contributed by atoms with Gasteiger partial charge >= 0.3 is 0 Å². The summed E-state index contributed by atoms with van der Waals surface area (Å²) < 4.78 is 17.1. The molecule has 0 aliphatic heterocycles. The quantitative estimate of drug-likeness (QED) is 0.572. The number of aliphatic hydroxyl groups is 1. The number of nitrogens with one attached hydrogen (secondary N) is 1. The van der Waals surface area contributed by atoms with E-state index in [9.17, 15) is 9.18 Å². The lowest BCUT2D eigenvalue weighted by atomic mass is 10.1. The van der Waals surface area contributed by atoms with Gasteiger partial charge in [0.05, 0.1) is 6.61 Å². The van der Waals surface area contributed by atoms with Gasteiger partial charge in [-0.2, -0.15) is 5.10 Å². The molecule has 3 aromatic heterocycles. The summed E-state index contributed by atoms with van der Waals surface area (Å²) in [6.45, 7) is 0.0510. The number of hydrogen-bond acceptors (Lipinski definition) is 3. The molecule has 0 unspecified atom stereocenters. The van der Waals surface area contributed by atoms with Crippen LogP contribution in [0, 0.1) is 5.82 Å². The van der Waals surface area contributed by atoms with Crippen LogP contribution in [0.15, 0.2) is 67.0 Å². The molecule has 0 radical (unpaired) electrons. The minimum atomic E-state index is -0.343. The summed E-state index contributed by atoms with van der Waals surface area (Å²) in [6.07, 6.45) is 3.61. The summed E-state index contributed by atoms with van der Waals surface area (Å²) in [4.78, 5) is 12.0. The van der Waals surface area contributed by atoms with Gasteiger partial charge in [-0.15, -0.1) is 0 Å². The maximum atomic E-state index is 13.5. The Hall–Kier alpha value is -3.45. The number of nitrogens with zero attached hydrogens (tertiary/aromatic N) is 3. The molecule has 0 atom stereocenters. The van der Waals surface area contributed by atoms with Crippen LogP contribution in [0.5, 0.6) is 0 Å². The van der Waals surface area contributed by atoms with Gasteiger partial charge in [-0.25, -0.2) is 9.07 Å². The SMILES string of the molecule is O=C(NCCO)c1ccn(-c2ccc3ccc(-c4cccc(F)c4)cn23)n1. The summed E-state index contributed by atoms with van der Waals surface area (Å²) >= 11 is 0. The molecule has 0 aliphatic carbocycles. The first-order valence-electron chi connectivity index (χ1n) is 8.48. The first-order chi connectivity index (χ1) is 13.2. The van der Waals surface area contributed by atoms with Crippen LogP contribution in [0.3, 0.4) is 0 Å². The average Bonchev–Trinajstić information content (AvgIpc) is 3.32. The second-order valence-corrected chi connectivity index (χ2v) is 6.04. The molecule has 4 rings (SSSR count). The Morgan fingerprint density at radius 3 is 2.78 bits per heavy atom. The minimum Gasteiger partial charge on any atom is -0.395 e. The fourth-order valence-electron chi connectivity index (χ4n) is 2.94. The van der Waals surface area contributed by atoms with E-state index in [0.29, 0.717) is 0 Å². The van der Waals surface area contributed by atoms with Crippen molar-refractivity contribution in [2.24, 2.45) is 0 Å². The summed E-state index contributed by atoms with van der Waals surface area (Å²) in [6, 6.07) is 15.8. The molecule has 1 aromatic carbocycles. The topological polar surface area (TPSA) is 71.6 Å². The van der Waals surface area contributed by atoms with E-state index in [0.717, 1.165) is 22.5 Å². The Kier molecular flexibility index (Phi) is 4.43. The van der Waals surface area contributed by atoms with Crippen molar-refractivity contribution in [2.75, 3.05) is 13.2 Å². The number of pyridine rings is 1. The molecule has 3 heterocycles. The van der Waals surface area contributed by atoms with Gasteiger partial charge in [-0.1, -0.05) is 18.2 Å². The van der Waals surface area contributed by atoms with Gasteiger partial charge in [0.25, 0.3) is 5.91 Å². The summed E-state index contributed by atoms with van der Waals surface area (Å²) in [7, 11) is 0. The predicted molar refractivity (Wildman–Crippen MR) is 99.3 cm³/mol. The standard InChI is InChI=1S/C20H17FN4O2/c21-16-3-1-2-14(12-16)15-4-5-17-6-7-19(24(17)13-15)25-10-8-18(23-25)20(27)22-9-11-26/h1-8,10,12-13,26H,9,11H2,(H,22,27). The molecule has 0 aliphatic rings. The molecule has 0 fully saturated rings. The van der Waals surface area contributed by atoms with Crippen molar-refractivity contribution < 1.29 is 14.3 Å². The van der Waals surface area contributed by atoms with Gasteiger partial charge < -0.3 is 14.8 Å². The highest BCUT2D eigenvalue weighted by atomic mass is 19.1. The van der Waals surface area contributed by atoms with Crippen LogP contribution in [-0.2, 0) is 0 Å². The van der Waals surface area contributed by atoms with Crippen LogP contribution in [-0.4, -0.2) is 38.3 Å². The van der Waals surface area contributed by atoms with Crippen molar-refractivity contribution in [3.63, 3.8) is 0 Å². The van der Waals surface area contributed by atoms with Crippen LogP contribution in [0.2, 0.25) is 0 Å². The smallest absolute Gasteiger partial charge is 0.271 e. The molecule has 4 aromatic rings. The Morgan fingerprint density at radius 1 is 1.11 bits per heavy atom. The van der Waals surface area contributed by atoms with E-state index in [1.54, 1.807) is 23.0 Å². The highest BCUT2D eigenvalue weighted by Crippen LogP contribution is 2.23. The number of aromatic nitrogens is 3. The second-order valence-electron chi connectivity index (χ2n) is 6.04. The number of benzene rings is 1. The molecule has 2 N–H and O–H groups in total. The highest BCUT2D eigenvalue weighted by Gasteiger charge is 2.12. The van der Waals surface area contributed by atoms with Crippen LogP contribution in [0.4, 0.5) is 4.39 Å².